The lowest BCUT2D eigenvalue weighted by molar-refractivity contribution is -0.132. The first kappa shape index (κ1) is 24.4. The maximum Gasteiger partial charge on any atom is 0.259 e. The topological polar surface area (TPSA) is 98.0 Å². The van der Waals surface area contributed by atoms with Crippen LogP contribution < -0.4 is 4.74 Å². The molecule has 35 heavy (non-hydrogen) atoms. The number of carbonyl (C=O) groups excluding carboxylic acids is 2. The summed E-state index contributed by atoms with van der Waals surface area (Å²) in [5.74, 6) is 0.789. The second kappa shape index (κ2) is 11.1. The molecule has 9 heteroatoms. The van der Waals surface area contributed by atoms with Crippen molar-refractivity contribution in [3.05, 3.63) is 76.9 Å². The predicted octanol–water partition coefficient (Wildman–Crippen LogP) is 3.02. The van der Waals surface area contributed by atoms with Gasteiger partial charge in [-0.2, -0.15) is 0 Å². The lowest BCUT2D eigenvalue weighted by Gasteiger charge is -2.25. The van der Waals surface area contributed by atoms with E-state index >= 15 is 0 Å². The summed E-state index contributed by atoms with van der Waals surface area (Å²) in [6.07, 6.45) is 3.63. The molecule has 1 atom stereocenters. The Hall–Kier alpha value is -3.72. The first-order chi connectivity index (χ1) is 17.0. The molecule has 1 aliphatic rings. The number of hydrogen-bond donors (Lipinski definition) is 0. The number of benzene rings is 1. The zero-order valence-corrected chi connectivity index (χ0v) is 20.3. The summed E-state index contributed by atoms with van der Waals surface area (Å²) in [6, 6.07) is 11.4. The summed E-state index contributed by atoms with van der Waals surface area (Å²) >= 11 is 0. The summed E-state index contributed by atoms with van der Waals surface area (Å²) in [5, 5.41) is 4.01. The molecule has 0 spiro atoms. The van der Waals surface area contributed by atoms with Crippen molar-refractivity contribution in [2.45, 2.75) is 39.5 Å². The Morgan fingerprint density at radius 2 is 1.97 bits per heavy atom. The minimum absolute atomic E-state index is 0.0461. The van der Waals surface area contributed by atoms with Crippen LogP contribution in [0.3, 0.4) is 0 Å². The van der Waals surface area contributed by atoms with Crippen molar-refractivity contribution in [3.8, 4) is 5.75 Å². The highest BCUT2D eigenvalue weighted by atomic mass is 16.5. The van der Waals surface area contributed by atoms with Crippen LogP contribution in [0.15, 0.2) is 53.3 Å². The highest BCUT2D eigenvalue weighted by molar-refractivity contribution is 5.98. The third kappa shape index (κ3) is 5.86. The number of nitrogens with zero attached hydrogens (tertiary/aromatic N) is 4. The van der Waals surface area contributed by atoms with Gasteiger partial charge in [-0.05, 0) is 42.7 Å². The molecule has 0 N–H and O–H groups in total. The number of methoxy groups -OCH3 is 1. The summed E-state index contributed by atoms with van der Waals surface area (Å²) in [7, 11) is 1.62. The Morgan fingerprint density at radius 1 is 1.17 bits per heavy atom. The van der Waals surface area contributed by atoms with Gasteiger partial charge in [-0.3, -0.25) is 14.6 Å². The minimum Gasteiger partial charge on any atom is -0.497 e. The summed E-state index contributed by atoms with van der Waals surface area (Å²) in [6.45, 7) is 4.95. The van der Waals surface area contributed by atoms with Crippen molar-refractivity contribution in [2.75, 3.05) is 26.7 Å². The first-order valence-electron chi connectivity index (χ1n) is 11.6. The zero-order valence-electron chi connectivity index (χ0n) is 20.3. The molecule has 0 bridgehead atoms. The van der Waals surface area contributed by atoms with Crippen molar-refractivity contribution in [3.63, 3.8) is 0 Å². The standard InChI is InChI=1S/C26H30N4O5/c1-4-23-25(18(2)35-28-23)26(32)30-15-22(34-17-20-6-5-11-27-12-20)14-29(24(31)16-30)13-19-7-9-21(33-3)10-8-19/h5-12,22H,4,13-17H2,1-3H3/t22-/m0/s1. The number of hydrogen-bond acceptors (Lipinski definition) is 7. The summed E-state index contributed by atoms with van der Waals surface area (Å²) in [5.41, 5.74) is 2.90. The van der Waals surface area contributed by atoms with E-state index in [1.807, 2.05) is 43.3 Å². The molecule has 2 amide bonds. The lowest BCUT2D eigenvalue weighted by Crippen LogP contribution is -2.40. The molecule has 0 saturated carbocycles. The number of carbonyl (C=O) groups is 2. The van der Waals surface area contributed by atoms with Crippen LogP contribution in [0.1, 0.15) is 39.9 Å². The highest BCUT2D eigenvalue weighted by Gasteiger charge is 2.33. The van der Waals surface area contributed by atoms with Crippen molar-refractivity contribution in [2.24, 2.45) is 0 Å². The predicted molar refractivity (Wildman–Crippen MR) is 128 cm³/mol. The molecule has 3 aromatic rings. The van der Waals surface area contributed by atoms with E-state index in [9.17, 15) is 9.59 Å². The Kier molecular flexibility index (Phi) is 7.77. The molecule has 4 rings (SSSR count). The van der Waals surface area contributed by atoms with Gasteiger partial charge < -0.3 is 23.8 Å². The molecule has 2 aromatic heterocycles. The van der Waals surface area contributed by atoms with Crippen molar-refractivity contribution >= 4 is 11.8 Å². The van der Waals surface area contributed by atoms with Gasteiger partial charge in [0.2, 0.25) is 5.91 Å². The second-order valence-corrected chi connectivity index (χ2v) is 8.52. The molecule has 0 unspecified atom stereocenters. The molecule has 3 heterocycles. The van der Waals surface area contributed by atoms with Crippen molar-refractivity contribution in [1.82, 2.24) is 19.9 Å². The number of rotatable bonds is 8. The quantitative estimate of drug-likeness (QED) is 0.491. The fourth-order valence-electron chi connectivity index (χ4n) is 4.13. The fraction of sp³-hybridized carbons (Fsp3) is 0.385. The van der Waals surface area contributed by atoms with E-state index in [1.165, 1.54) is 0 Å². The molecule has 1 saturated heterocycles. The Bertz CT molecular complexity index is 1150. The maximum absolute atomic E-state index is 13.5. The molecule has 184 valence electrons. The van der Waals surface area contributed by atoms with E-state index in [4.69, 9.17) is 14.0 Å². The SMILES string of the molecule is CCc1noc(C)c1C(=O)N1CC(=O)N(Cc2ccc(OC)cc2)C[C@H](OCc2cccnc2)C1. The third-order valence-electron chi connectivity index (χ3n) is 6.04. The van der Waals surface area contributed by atoms with Gasteiger partial charge in [0, 0.05) is 32.0 Å². The van der Waals surface area contributed by atoms with Gasteiger partial charge in [0.1, 0.15) is 23.6 Å². The number of pyridine rings is 1. The van der Waals surface area contributed by atoms with Gasteiger partial charge >= 0.3 is 0 Å². The van der Waals surface area contributed by atoms with Crippen LogP contribution in [0.25, 0.3) is 0 Å². The van der Waals surface area contributed by atoms with Gasteiger partial charge in [-0.25, -0.2) is 0 Å². The molecule has 1 aromatic carbocycles. The maximum atomic E-state index is 13.5. The van der Waals surface area contributed by atoms with Crippen LogP contribution in [0, 0.1) is 6.92 Å². The normalized spacial score (nSPS) is 16.3. The van der Waals surface area contributed by atoms with E-state index in [1.54, 1.807) is 36.2 Å². The van der Waals surface area contributed by atoms with E-state index in [2.05, 4.69) is 10.1 Å². The van der Waals surface area contributed by atoms with Crippen molar-refractivity contribution in [1.29, 1.82) is 0 Å². The molecule has 9 nitrogen and oxygen atoms in total. The van der Waals surface area contributed by atoms with Crippen LogP contribution in [0.4, 0.5) is 0 Å². The van der Waals surface area contributed by atoms with Gasteiger partial charge in [0.25, 0.3) is 5.91 Å². The molecule has 1 fully saturated rings. The monoisotopic (exact) mass is 478 g/mol. The summed E-state index contributed by atoms with van der Waals surface area (Å²) in [4.78, 5) is 34.2. The second-order valence-electron chi connectivity index (χ2n) is 8.52. The average Bonchev–Trinajstić information content (AvgIpc) is 3.18. The van der Waals surface area contributed by atoms with E-state index < -0.39 is 0 Å². The van der Waals surface area contributed by atoms with Gasteiger partial charge in [0.15, 0.2) is 0 Å². The van der Waals surface area contributed by atoms with Crippen LogP contribution in [0.2, 0.25) is 0 Å². The lowest BCUT2D eigenvalue weighted by atomic mass is 10.1. The number of ether oxygens (including phenoxy) is 2. The van der Waals surface area contributed by atoms with Gasteiger partial charge in [0.05, 0.1) is 25.5 Å². The van der Waals surface area contributed by atoms with E-state index in [-0.39, 0.29) is 31.0 Å². The number of amides is 2. The number of aryl methyl sites for hydroxylation is 2. The van der Waals surface area contributed by atoms with Crippen LogP contribution >= 0.6 is 0 Å². The van der Waals surface area contributed by atoms with Gasteiger partial charge in [-0.1, -0.05) is 30.3 Å². The highest BCUT2D eigenvalue weighted by Crippen LogP contribution is 2.21. The fourth-order valence-corrected chi connectivity index (χ4v) is 4.13. The minimum atomic E-state index is -0.380. The molecule has 0 aliphatic carbocycles. The summed E-state index contributed by atoms with van der Waals surface area (Å²) < 4.78 is 16.7. The largest absolute Gasteiger partial charge is 0.497 e. The van der Waals surface area contributed by atoms with Crippen LogP contribution in [-0.2, 0) is 29.1 Å². The van der Waals surface area contributed by atoms with Gasteiger partial charge in [-0.15, -0.1) is 0 Å². The Balaban J connectivity index is 1.56. The van der Waals surface area contributed by atoms with Crippen LogP contribution in [0.5, 0.6) is 5.75 Å². The zero-order chi connectivity index (χ0) is 24.8. The van der Waals surface area contributed by atoms with E-state index in [0.717, 1.165) is 16.9 Å². The number of aromatic nitrogens is 2. The average molecular weight is 479 g/mol. The molecule has 0 radical (unpaired) electrons. The smallest absolute Gasteiger partial charge is 0.259 e. The third-order valence-corrected chi connectivity index (χ3v) is 6.04. The first-order valence-corrected chi connectivity index (χ1v) is 11.6. The van der Waals surface area contributed by atoms with Crippen molar-refractivity contribution < 1.29 is 23.6 Å². The van der Waals surface area contributed by atoms with E-state index in [0.29, 0.717) is 43.1 Å². The Morgan fingerprint density at radius 3 is 2.66 bits per heavy atom. The van der Waals surface area contributed by atoms with Crippen LogP contribution in [-0.4, -0.2) is 64.6 Å². The molecular weight excluding hydrogens is 448 g/mol. The Labute approximate surface area is 204 Å². The molecular formula is C26H30N4O5. The molecule has 1 aliphatic heterocycles.